The van der Waals surface area contributed by atoms with Gasteiger partial charge in [0.1, 0.15) is 0 Å². The van der Waals surface area contributed by atoms with Crippen LogP contribution in [0.25, 0.3) is 0 Å². The van der Waals surface area contributed by atoms with E-state index in [1.807, 2.05) is 17.7 Å². The molecule has 0 amide bonds. The molecule has 2 aromatic rings. The van der Waals surface area contributed by atoms with E-state index >= 15 is 0 Å². The molecule has 0 aliphatic carbocycles. The summed E-state index contributed by atoms with van der Waals surface area (Å²) in [5.41, 5.74) is 1.52. The molecule has 2 rings (SSSR count). The van der Waals surface area contributed by atoms with Gasteiger partial charge < -0.3 is 9.88 Å². The molecule has 0 spiro atoms. The number of aryl methyl sites for hydroxylation is 2. The first-order valence-corrected chi connectivity index (χ1v) is 6.72. The van der Waals surface area contributed by atoms with Gasteiger partial charge in [-0.05, 0) is 25.5 Å². The number of hydrogen-bond acceptors (Lipinski definition) is 2. The lowest BCUT2D eigenvalue weighted by Crippen LogP contribution is -2.03. The van der Waals surface area contributed by atoms with Gasteiger partial charge in [0.15, 0.2) is 5.82 Å². The molecule has 0 saturated carbocycles. The van der Waals surface area contributed by atoms with Crippen LogP contribution in [0.4, 0.5) is 16.0 Å². The maximum atomic E-state index is 13.3. The largest absolute Gasteiger partial charge is 0.326 e. The summed E-state index contributed by atoms with van der Waals surface area (Å²) in [5.74, 6) is 0.0834. The lowest BCUT2D eigenvalue weighted by Gasteiger charge is -2.10. The van der Waals surface area contributed by atoms with E-state index in [9.17, 15) is 4.39 Å². The van der Waals surface area contributed by atoms with Crippen molar-refractivity contribution in [2.24, 2.45) is 0 Å². The van der Waals surface area contributed by atoms with E-state index in [-0.39, 0.29) is 10.0 Å². The third-order valence-corrected chi connectivity index (χ3v) is 3.15. The summed E-state index contributed by atoms with van der Waals surface area (Å²) in [6.07, 6.45) is 2.95. The molecule has 0 radical (unpaired) electrons. The Morgan fingerprint density at radius 2 is 1.95 bits per heavy atom. The smallest absolute Gasteiger partial charge is 0.207 e. The number of imidazole rings is 1. The van der Waals surface area contributed by atoms with Crippen molar-refractivity contribution >= 4 is 34.8 Å². The molecule has 0 fully saturated rings. The minimum Gasteiger partial charge on any atom is -0.326 e. The molecule has 19 heavy (non-hydrogen) atoms. The fourth-order valence-corrected chi connectivity index (χ4v) is 2.30. The van der Waals surface area contributed by atoms with Crippen LogP contribution in [0.3, 0.4) is 0 Å². The molecule has 1 N–H and O–H groups in total. The van der Waals surface area contributed by atoms with Crippen molar-refractivity contribution in [1.82, 2.24) is 9.55 Å². The average molecular weight is 302 g/mol. The molecule has 1 aromatic heterocycles. The molecule has 0 bridgehead atoms. The number of hydrogen-bond donors (Lipinski definition) is 1. The van der Waals surface area contributed by atoms with E-state index in [4.69, 9.17) is 23.2 Å². The maximum absolute atomic E-state index is 13.3. The second-order valence-corrected chi connectivity index (χ2v) is 5.09. The van der Waals surface area contributed by atoms with Gasteiger partial charge in [-0.2, -0.15) is 0 Å². The van der Waals surface area contributed by atoms with Crippen LogP contribution >= 0.6 is 23.2 Å². The Balaban J connectivity index is 2.30. The van der Waals surface area contributed by atoms with E-state index in [2.05, 4.69) is 17.2 Å². The molecule has 1 heterocycles. The molecule has 0 aliphatic rings. The number of aromatic nitrogens is 2. The maximum Gasteiger partial charge on any atom is 0.207 e. The molecule has 0 aliphatic heterocycles. The van der Waals surface area contributed by atoms with Crippen molar-refractivity contribution in [3.8, 4) is 0 Å². The Kier molecular flexibility index (Phi) is 4.32. The fourth-order valence-electron chi connectivity index (χ4n) is 1.81. The second-order valence-electron chi connectivity index (χ2n) is 4.28. The van der Waals surface area contributed by atoms with Gasteiger partial charge in [0, 0.05) is 18.4 Å². The van der Waals surface area contributed by atoms with Crippen LogP contribution in [-0.2, 0) is 6.54 Å². The summed E-state index contributed by atoms with van der Waals surface area (Å²) in [4.78, 5) is 4.38. The first kappa shape index (κ1) is 14.2. The normalized spacial score (nSPS) is 10.8. The highest BCUT2D eigenvalue weighted by atomic mass is 35.5. The average Bonchev–Trinajstić information content (AvgIpc) is 2.67. The quantitative estimate of drug-likeness (QED) is 0.823. The highest BCUT2D eigenvalue weighted by molar-refractivity contribution is 6.35. The first-order valence-electron chi connectivity index (χ1n) is 5.96. The van der Waals surface area contributed by atoms with Gasteiger partial charge in [-0.3, -0.25) is 0 Å². The second kappa shape index (κ2) is 5.80. The molecule has 3 nitrogen and oxygen atoms in total. The topological polar surface area (TPSA) is 29.9 Å². The molecule has 102 valence electrons. The molecular formula is C13H14Cl2FN3. The Morgan fingerprint density at radius 3 is 2.53 bits per heavy atom. The highest BCUT2D eigenvalue weighted by Crippen LogP contribution is 2.29. The Bertz CT molecular complexity index is 573. The van der Waals surface area contributed by atoms with E-state index in [1.165, 1.54) is 12.1 Å². The number of nitrogens with one attached hydrogen (secondary N) is 1. The monoisotopic (exact) mass is 301 g/mol. The lowest BCUT2D eigenvalue weighted by molar-refractivity contribution is 0.629. The predicted molar refractivity (Wildman–Crippen MR) is 77.0 cm³/mol. The number of halogens is 3. The van der Waals surface area contributed by atoms with Crippen LogP contribution in [-0.4, -0.2) is 9.55 Å². The zero-order valence-corrected chi connectivity index (χ0v) is 12.2. The van der Waals surface area contributed by atoms with Crippen molar-refractivity contribution in [1.29, 1.82) is 0 Å². The Labute approximate surface area is 121 Å². The summed E-state index contributed by atoms with van der Waals surface area (Å²) in [6, 6.07) is 2.98. The van der Waals surface area contributed by atoms with E-state index in [0.29, 0.717) is 11.6 Å². The minimum atomic E-state index is -0.609. The molecule has 0 atom stereocenters. The standard InChI is InChI=1S/C13H14Cl2FN3/c1-3-4-19-7-8(2)17-13(19)18-9-5-10(14)12(16)11(15)6-9/h5-7H,3-4H2,1-2H3,(H,17,18). The number of benzene rings is 1. The van der Waals surface area contributed by atoms with Gasteiger partial charge in [0.2, 0.25) is 5.95 Å². The van der Waals surface area contributed by atoms with Crippen LogP contribution in [0.2, 0.25) is 10.0 Å². The minimum absolute atomic E-state index is 0.0136. The van der Waals surface area contributed by atoms with Gasteiger partial charge >= 0.3 is 0 Å². The molecule has 0 saturated heterocycles. The summed E-state index contributed by atoms with van der Waals surface area (Å²) in [6.45, 7) is 4.86. The van der Waals surface area contributed by atoms with E-state index < -0.39 is 5.82 Å². The highest BCUT2D eigenvalue weighted by Gasteiger charge is 2.10. The molecule has 0 unspecified atom stereocenters. The third kappa shape index (κ3) is 3.19. The van der Waals surface area contributed by atoms with Gasteiger partial charge in [-0.1, -0.05) is 30.1 Å². The van der Waals surface area contributed by atoms with Crippen molar-refractivity contribution in [2.75, 3.05) is 5.32 Å². The molecule has 6 heteroatoms. The SMILES string of the molecule is CCCn1cc(C)nc1Nc1cc(Cl)c(F)c(Cl)c1. The zero-order valence-electron chi connectivity index (χ0n) is 10.7. The summed E-state index contributed by atoms with van der Waals surface area (Å²) in [5, 5.41) is 3.08. The van der Waals surface area contributed by atoms with Crippen LogP contribution in [0.15, 0.2) is 18.3 Å². The Morgan fingerprint density at radius 1 is 1.32 bits per heavy atom. The third-order valence-electron chi connectivity index (χ3n) is 2.60. The fraction of sp³-hybridized carbons (Fsp3) is 0.308. The van der Waals surface area contributed by atoms with Crippen molar-refractivity contribution in [3.05, 3.63) is 39.9 Å². The summed E-state index contributed by atoms with van der Waals surface area (Å²) >= 11 is 11.5. The van der Waals surface area contributed by atoms with Crippen molar-refractivity contribution < 1.29 is 4.39 Å². The predicted octanol–water partition coefficient (Wildman–Crippen LogP) is 4.79. The molecule has 1 aromatic carbocycles. The van der Waals surface area contributed by atoms with Crippen molar-refractivity contribution in [3.63, 3.8) is 0 Å². The first-order chi connectivity index (χ1) is 9.01. The van der Waals surface area contributed by atoms with Gasteiger partial charge in [-0.25, -0.2) is 9.37 Å². The number of rotatable bonds is 4. The van der Waals surface area contributed by atoms with Gasteiger partial charge in [-0.15, -0.1) is 0 Å². The van der Waals surface area contributed by atoms with Crippen LogP contribution in [0.5, 0.6) is 0 Å². The van der Waals surface area contributed by atoms with Gasteiger partial charge in [0.25, 0.3) is 0 Å². The van der Waals surface area contributed by atoms with E-state index in [1.54, 1.807) is 0 Å². The lowest BCUT2D eigenvalue weighted by atomic mass is 10.3. The van der Waals surface area contributed by atoms with Crippen LogP contribution in [0.1, 0.15) is 19.0 Å². The zero-order chi connectivity index (χ0) is 14.0. The Hall–Kier alpha value is -1.26. The number of nitrogens with zero attached hydrogens (tertiary/aromatic N) is 2. The van der Waals surface area contributed by atoms with E-state index in [0.717, 1.165) is 18.7 Å². The number of anilines is 2. The van der Waals surface area contributed by atoms with Crippen LogP contribution < -0.4 is 5.32 Å². The summed E-state index contributed by atoms with van der Waals surface area (Å²) < 4.78 is 15.3. The van der Waals surface area contributed by atoms with Crippen LogP contribution in [0, 0.1) is 12.7 Å². The van der Waals surface area contributed by atoms with Crippen molar-refractivity contribution in [2.45, 2.75) is 26.8 Å². The molecular weight excluding hydrogens is 288 g/mol. The van der Waals surface area contributed by atoms with Gasteiger partial charge in [0.05, 0.1) is 15.7 Å². The summed E-state index contributed by atoms with van der Waals surface area (Å²) in [7, 11) is 0.